The molecule has 0 aromatic heterocycles. The Bertz CT molecular complexity index is 876. The summed E-state index contributed by atoms with van der Waals surface area (Å²) in [5, 5.41) is 6.52. The maximum atomic E-state index is 12.6. The number of carbonyl (C=O) groups excluding carboxylic acids is 2. The molecular formula is C29H38N2O2. The van der Waals surface area contributed by atoms with Crippen molar-refractivity contribution in [1.82, 2.24) is 10.6 Å². The van der Waals surface area contributed by atoms with Crippen molar-refractivity contribution < 1.29 is 9.59 Å². The van der Waals surface area contributed by atoms with Gasteiger partial charge in [-0.2, -0.15) is 0 Å². The predicted molar refractivity (Wildman–Crippen MR) is 133 cm³/mol. The van der Waals surface area contributed by atoms with Gasteiger partial charge in [0.15, 0.2) is 0 Å². The number of benzene rings is 2. The molecule has 0 aliphatic heterocycles. The third-order valence-electron chi connectivity index (χ3n) is 7.81. The fourth-order valence-corrected chi connectivity index (χ4v) is 5.74. The topological polar surface area (TPSA) is 58.2 Å². The average Bonchev–Trinajstić information content (AvgIpc) is 2.82. The summed E-state index contributed by atoms with van der Waals surface area (Å²) in [5.74, 6) is 1.70. The first kappa shape index (κ1) is 23.5. The quantitative estimate of drug-likeness (QED) is 0.574. The Balaban J connectivity index is 1.16. The summed E-state index contributed by atoms with van der Waals surface area (Å²) in [6.45, 7) is 3.99. The minimum atomic E-state index is 0.0719. The van der Waals surface area contributed by atoms with Gasteiger partial charge in [-0.3, -0.25) is 9.59 Å². The van der Waals surface area contributed by atoms with Crippen LogP contribution in [0.25, 0.3) is 0 Å². The molecule has 4 nitrogen and oxygen atoms in total. The van der Waals surface area contributed by atoms with Gasteiger partial charge in [-0.1, -0.05) is 36.4 Å². The van der Waals surface area contributed by atoms with Crippen LogP contribution in [0.3, 0.4) is 0 Å². The number of hydrogen-bond donors (Lipinski definition) is 2. The van der Waals surface area contributed by atoms with E-state index < -0.39 is 0 Å². The summed E-state index contributed by atoms with van der Waals surface area (Å²) in [6, 6.07) is 16.2. The van der Waals surface area contributed by atoms with Crippen LogP contribution in [0.2, 0.25) is 0 Å². The molecule has 0 bridgehead atoms. The van der Waals surface area contributed by atoms with E-state index in [-0.39, 0.29) is 11.8 Å². The Morgan fingerprint density at radius 3 is 1.36 bits per heavy atom. The van der Waals surface area contributed by atoms with E-state index in [9.17, 15) is 9.59 Å². The zero-order valence-corrected chi connectivity index (χ0v) is 20.1. The van der Waals surface area contributed by atoms with Gasteiger partial charge < -0.3 is 10.6 Å². The van der Waals surface area contributed by atoms with E-state index >= 15 is 0 Å². The zero-order valence-electron chi connectivity index (χ0n) is 20.1. The van der Waals surface area contributed by atoms with E-state index in [1.165, 1.54) is 32.1 Å². The number of aryl methyl sites for hydroxylation is 2. The standard InChI is InChI=1S/C29H38N2O2/c1-20-7-3-5-9-26(20)28(32)30-24-15-11-22(12-16-24)19-23-13-17-25(18-14-23)31-29(33)27-10-6-4-8-21(27)2/h3-10,22-25H,11-19H2,1-2H3,(H,30,32)(H,31,33). The van der Waals surface area contributed by atoms with E-state index in [2.05, 4.69) is 10.6 Å². The Kier molecular flexibility index (Phi) is 7.85. The highest BCUT2D eigenvalue weighted by molar-refractivity contribution is 5.96. The van der Waals surface area contributed by atoms with Crippen molar-refractivity contribution in [2.24, 2.45) is 11.8 Å². The lowest BCUT2D eigenvalue weighted by molar-refractivity contribution is 0.0917. The van der Waals surface area contributed by atoms with Gasteiger partial charge in [0.05, 0.1) is 0 Å². The van der Waals surface area contributed by atoms with Gasteiger partial charge in [-0.15, -0.1) is 0 Å². The van der Waals surface area contributed by atoms with Gasteiger partial charge in [0.2, 0.25) is 0 Å². The fraction of sp³-hybridized carbons (Fsp3) is 0.517. The summed E-state index contributed by atoms with van der Waals surface area (Å²) < 4.78 is 0. The van der Waals surface area contributed by atoms with Gasteiger partial charge >= 0.3 is 0 Å². The lowest BCUT2D eigenvalue weighted by Gasteiger charge is -2.34. The number of hydrogen-bond acceptors (Lipinski definition) is 2. The molecule has 2 N–H and O–H groups in total. The highest BCUT2D eigenvalue weighted by atomic mass is 16.2. The normalized spacial score (nSPS) is 25.3. The molecule has 0 unspecified atom stereocenters. The van der Waals surface area contributed by atoms with Crippen molar-refractivity contribution in [3.63, 3.8) is 0 Å². The Hall–Kier alpha value is -2.62. The number of carbonyl (C=O) groups is 2. The van der Waals surface area contributed by atoms with Crippen LogP contribution in [-0.2, 0) is 0 Å². The number of rotatable bonds is 6. The van der Waals surface area contributed by atoms with Crippen LogP contribution in [-0.4, -0.2) is 23.9 Å². The lowest BCUT2D eigenvalue weighted by atomic mass is 9.75. The average molecular weight is 447 g/mol. The van der Waals surface area contributed by atoms with E-state index in [4.69, 9.17) is 0 Å². The summed E-state index contributed by atoms with van der Waals surface area (Å²) in [5.41, 5.74) is 3.67. The minimum absolute atomic E-state index is 0.0719. The molecule has 2 amide bonds. The van der Waals surface area contributed by atoms with E-state index in [0.717, 1.165) is 59.8 Å². The molecule has 2 saturated carbocycles. The largest absolute Gasteiger partial charge is 0.349 e. The maximum absolute atomic E-state index is 12.6. The first-order valence-corrected chi connectivity index (χ1v) is 12.7. The molecular weight excluding hydrogens is 408 g/mol. The van der Waals surface area contributed by atoms with Crippen LogP contribution in [0.4, 0.5) is 0 Å². The van der Waals surface area contributed by atoms with Crippen molar-refractivity contribution in [2.75, 3.05) is 0 Å². The predicted octanol–water partition coefficient (Wildman–Crippen LogP) is 5.97. The highest BCUT2D eigenvalue weighted by Gasteiger charge is 2.28. The lowest BCUT2D eigenvalue weighted by Crippen LogP contribution is -2.39. The third-order valence-corrected chi connectivity index (χ3v) is 7.81. The first-order valence-electron chi connectivity index (χ1n) is 12.7. The maximum Gasteiger partial charge on any atom is 0.251 e. The second-order valence-electron chi connectivity index (χ2n) is 10.2. The van der Waals surface area contributed by atoms with Gasteiger partial charge in [0.1, 0.15) is 0 Å². The summed E-state index contributed by atoms with van der Waals surface area (Å²) in [6.07, 6.45) is 10.5. The van der Waals surface area contributed by atoms with Gasteiger partial charge in [0.25, 0.3) is 11.8 Å². The van der Waals surface area contributed by atoms with Crippen LogP contribution >= 0.6 is 0 Å². The Morgan fingerprint density at radius 1 is 0.636 bits per heavy atom. The summed E-state index contributed by atoms with van der Waals surface area (Å²) in [4.78, 5) is 25.2. The van der Waals surface area contributed by atoms with E-state index in [1.54, 1.807) is 0 Å². The van der Waals surface area contributed by atoms with E-state index in [1.807, 2.05) is 62.4 Å². The highest BCUT2D eigenvalue weighted by Crippen LogP contribution is 2.35. The number of nitrogens with one attached hydrogen (secondary N) is 2. The molecule has 2 aromatic carbocycles. The van der Waals surface area contributed by atoms with E-state index in [0.29, 0.717) is 12.1 Å². The molecule has 0 spiro atoms. The van der Waals surface area contributed by atoms with Gasteiger partial charge in [-0.25, -0.2) is 0 Å². The SMILES string of the molecule is Cc1ccccc1C(=O)NC1CCC(CC2CCC(NC(=O)c3ccccc3C)CC2)CC1. The second-order valence-corrected chi connectivity index (χ2v) is 10.2. The van der Waals surface area contributed by atoms with Crippen LogP contribution in [0.5, 0.6) is 0 Å². The molecule has 2 aromatic rings. The second kappa shape index (κ2) is 11.0. The molecule has 0 radical (unpaired) electrons. The molecule has 2 aliphatic carbocycles. The van der Waals surface area contributed by atoms with Gasteiger partial charge in [0, 0.05) is 23.2 Å². The fourth-order valence-electron chi connectivity index (χ4n) is 5.74. The van der Waals surface area contributed by atoms with Crippen molar-refractivity contribution >= 4 is 11.8 Å². The van der Waals surface area contributed by atoms with Crippen molar-refractivity contribution in [2.45, 2.75) is 83.7 Å². The molecule has 0 saturated heterocycles. The Labute approximate surface area is 198 Å². The van der Waals surface area contributed by atoms with Crippen LogP contribution in [0.15, 0.2) is 48.5 Å². The molecule has 4 heteroatoms. The molecule has 2 fully saturated rings. The smallest absolute Gasteiger partial charge is 0.251 e. The molecule has 0 heterocycles. The molecule has 33 heavy (non-hydrogen) atoms. The monoisotopic (exact) mass is 446 g/mol. The van der Waals surface area contributed by atoms with Crippen LogP contribution < -0.4 is 10.6 Å². The van der Waals surface area contributed by atoms with Crippen LogP contribution in [0, 0.1) is 25.7 Å². The molecule has 2 aliphatic rings. The zero-order chi connectivity index (χ0) is 23.2. The molecule has 4 rings (SSSR count). The molecule has 176 valence electrons. The minimum Gasteiger partial charge on any atom is -0.349 e. The summed E-state index contributed by atoms with van der Waals surface area (Å²) in [7, 11) is 0. The van der Waals surface area contributed by atoms with Crippen molar-refractivity contribution in [1.29, 1.82) is 0 Å². The third kappa shape index (κ3) is 6.25. The van der Waals surface area contributed by atoms with Crippen molar-refractivity contribution in [3.8, 4) is 0 Å². The first-order chi connectivity index (χ1) is 16.0. The van der Waals surface area contributed by atoms with Gasteiger partial charge in [-0.05, 0) is 107 Å². The van der Waals surface area contributed by atoms with Crippen LogP contribution in [0.1, 0.15) is 89.6 Å². The Morgan fingerprint density at radius 2 is 1.00 bits per heavy atom. The number of amides is 2. The summed E-state index contributed by atoms with van der Waals surface area (Å²) >= 11 is 0. The molecule has 0 atom stereocenters. The van der Waals surface area contributed by atoms with Crippen molar-refractivity contribution in [3.05, 3.63) is 70.8 Å².